The van der Waals surface area contributed by atoms with Crippen LogP contribution in [0.2, 0.25) is 0 Å². The fourth-order valence-electron chi connectivity index (χ4n) is 2.60. The van der Waals surface area contributed by atoms with Gasteiger partial charge in [0.2, 0.25) is 0 Å². The summed E-state index contributed by atoms with van der Waals surface area (Å²) in [5.74, 6) is 0.603. The van der Waals surface area contributed by atoms with Gasteiger partial charge in [0.1, 0.15) is 0 Å². The third kappa shape index (κ3) is 1.76. The molecule has 1 saturated heterocycles. The van der Waals surface area contributed by atoms with Crippen molar-refractivity contribution in [3.63, 3.8) is 0 Å². The Kier molecular flexibility index (Phi) is 2.48. The van der Waals surface area contributed by atoms with E-state index in [9.17, 15) is 4.79 Å². The van der Waals surface area contributed by atoms with Gasteiger partial charge < -0.3 is 15.1 Å². The first-order valence-corrected chi connectivity index (χ1v) is 6.17. The summed E-state index contributed by atoms with van der Waals surface area (Å²) in [5, 5.41) is 6.35. The highest BCUT2D eigenvalue weighted by molar-refractivity contribution is 9.10. The fraction of sp³-hybridized carbons (Fsp3) is 0.600. The second-order valence-electron chi connectivity index (χ2n) is 4.40. The Hall–Kier alpha value is -0.880. The minimum Gasteiger partial charge on any atom is -0.425 e. The molecule has 2 heterocycles. The zero-order chi connectivity index (χ0) is 11.1. The summed E-state index contributed by atoms with van der Waals surface area (Å²) >= 11 is 3.12. The van der Waals surface area contributed by atoms with Gasteiger partial charge in [-0.2, -0.15) is 0 Å². The van der Waals surface area contributed by atoms with Crippen molar-refractivity contribution in [1.82, 2.24) is 15.6 Å². The Labute approximate surface area is 101 Å². The van der Waals surface area contributed by atoms with E-state index in [1.165, 1.54) is 12.6 Å². The van der Waals surface area contributed by atoms with Crippen molar-refractivity contribution in [2.45, 2.75) is 24.9 Å². The number of piperidine rings is 1. The molecule has 1 aliphatic carbocycles. The lowest BCUT2D eigenvalue weighted by atomic mass is 10.1. The number of hydrogen-bond acceptors (Lipinski definition) is 4. The molecule has 1 aromatic heterocycles. The number of halogens is 1. The molecular formula is C10H12BrN3O2. The summed E-state index contributed by atoms with van der Waals surface area (Å²) in [4.78, 5) is 15.6. The van der Waals surface area contributed by atoms with Crippen molar-refractivity contribution in [3.8, 4) is 0 Å². The van der Waals surface area contributed by atoms with E-state index >= 15 is 0 Å². The third-order valence-electron chi connectivity index (χ3n) is 3.32. The van der Waals surface area contributed by atoms with Crippen molar-refractivity contribution >= 4 is 21.8 Å². The first-order valence-electron chi connectivity index (χ1n) is 5.38. The molecule has 16 heavy (non-hydrogen) atoms. The lowest BCUT2D eigenvalue weighted by Gasteiger charge is -2.23. The van der Waals surface area contributed by atoms with Crippen LogP contribution in [0.1, 0.15) is 23.5 Å². The maximum absolute atomic E-state index is 11.8. The summed E-state index contributed by atoms with van der Waals surface area (Å²) in [6.45, 7) is 1.08. The lowest BCUT2D eigenvalue weighted by Crippen LogP contribution is -2.48. The molecule has 0 spiro atoms. The second-order valence-corrected chi connectivity index (χ2v) is 5.18. The minimum absolute atomic E-state index is 0.120. The van der Waals surface area contributed by atoms with Crippen molar-refractivity contribution in [1.29, 1.82) is 0 Å². The van der Waals surface area contributed by atoms with Crippen molar-refractivity contribution in [3.05, 3.63) is 16.8 Å². The summed E-state index contributed by atoms with van der Waals surface area (Å²) in [7, 11) is 0. The Balaban J connectivity index is 1.65. The molecule has 0 radical (unpaired) electrons. The Morgan fingerprint density at radius 1 is 1.62 bits per heavy atom. The number of carbonyl (C=O) groups excluding carboxylic acids is 1. The van der Waals surface area contributed by atoms with Crippen LogP contribution in [-0.2, 0) is 0 Å². The van der Waals surface area contributed by atoms with Crippen molar-refractivity contribution in [2.75, 3.05) is 6.54 Å². The van der Waals surface area contributed by atoms with Crippen molar-refractivity contribution < 1.29 is 9.21 Å². The smallest absolute Gasteiger partial charge is 0.307 e. The standard InChI is InChI=1S/C10H12BrN3O2/c11-8-4-13-10(16-8)9(15)14-7-2-5-1-6(7)12-3-5/h4-7,12H,1-3H2,(H,14,15). The van der Waals surface area contributed by atoms with Gasteiger partial charge in [-0.15, -0.1) is 0 Å². The molecule has 3 unspecified atom stereocenters. The normalized spacial score (nSPS) is 31.9. The number of aromatic nitrogens is 1. The third-order valence-corrected chi connectivity index (χ3v) is 3.68. The van der Waals surface area contributed by atoms with Crippen LogP contribution in [-0.4, -0.2) is 29.5 Å². The molecule has 2 aliphatic rings. The van der Waals surface area contributed by atoms with Gasteiger partial charge in [0, 0.05) is 12.1 Å². The number of fused-ring (bicyclic) bond motifs is 2. The predicted molar refractivity (Wildman–Crippen MR) is 60.0 cm³/mol. The van der Waals surface area contributed by atoms with Crippen LogP contribution in [0.25, 0.3) is 0 Å². The summed E-state index contributed by atoms with van der Waals surface area (Å²) in [5.41, 5.74) is 0. The van der Waals surface area contributed by atoms with E-state index in [0.717, 1.165) is 13.0 Å². The molecule has 2 fully saturated rings. The van der Waals surface area contributed by atoms with E-state index in [1.54, 1.807) is 0 Å². The first-order chi connectivity index (χ1) is 7.72. The number of nitrogens with zero attached hydrogens (tertiary/aromatic N) is 1. The summed E-state index contributed by atoms with van der Waals surface area (Å²) < 4.78 is 5.58. The average molecular weight is 286 g/mol. The fourth-order valence-corrected chi connectivity index (χ4v) is 2.86. The van der Waals surface area contributed by atoms with Crippen LogP contribution in [0.4, 0.5) is 0 Å². The quantitative estimate of drug-likeness (QED) is 0.848. The highest BCUT2D eigenvalue weighted by atomic mass is 79.9. The molecule has 1 aliphatic heterocycles. The van der Waals surface area contributed by atoms with Crippen LogP contribution < -0.4 is 10.6 Å². The monoisotopic (exact) mass is 285 g/mol. The van der Waals surface area contributed by atoms with E-state index in [4.69, 9.17) is 4.42 Å². The van der Waals surface area contributed by atoms with E-state index in [-0.39, 0.29) is 17.8 Å². The zero-order valence-electron chi connectivity index (χ0n) is 8.57. The van der Waals surface area contributed by atoms with Crippen LogP contribution in [0, 0.1) is 5.92 Å². The molecule has 1 amide bonds. The Morgan fingerprint density at radius 3 is 3.06 bits per heavy atom. The number of nitrogens with one attached hydrogen (secondary N) is 2. The van der Waals surface area contributed by atoms with Gasteiger partial charge in [-0.25, -0.2) is 4.98 Å². The molecule has 6 heteroatoms. The van der Waals surface area contributed by atoms with Gasteiger partial charge >= 0.3 is 5.91 Å². The molecule has 5 nitrogen and oxygen atoms in total. The number of amides is 1. The zero-order valence-corrected chi connectivity index (χ0v) is 10.2. The van der Waals surface area contributed by atoms with Crippen molar-refractivity contribution in [2.24, 2.45) is 5.92 Å². The molecule has 86 valence electrons. The first kappa shape index (κ1) is 10.3. The average Bonchev–Trinajstić information content (AvgIpc) is 2.92. The predicted octanol–water partition coefficient (Wildman–Crippen LogP) is 0.917. The molecule has 2 bridgehead atoms. The van der Waals surface area contributed by atoms with E-state index in [0.29, 0.717) is 16.6 Å². The number of rotatable bonds is 2. The highest BCUT2D eigenvalue weighted by Gasteiger charge is 2.40. The SMILES string of the molecule is O=C(NC1CC2CNC1C2)c1ncc(Br)o1. The topological polar surface area (TPSA) is 67.2 Å². The van der Waals surface area contributed by atoms with Crippen LogP contribution in [0.3, 0.4) is 0 Å². The van der Waals surface area contributed by atoms with Gasteiger partial charge in [-0.05, 0) is 41.2 Å². The van der Waals surface area contributed by atoms with Crippen LogP contribution in [0.5, 0.6) is 0 Å². The molecule has 0 aromatic carbocycles. The van der Waals surface area contributed by atoms with E-state index in [2.05, 4.69) is 31.5 Å². The molecular weight excluding hydrogens is 274 g/mol. The summed E-state index contributed by atoms with van der Waals surface area (Å²) in [6.07, 6.45) is 3.71. The Bertz CT molecular complexity index is 420. The maximum atomic E-state index is 11.8. The number of hydrogen-bond donors (Lipinski definition) is 2. The molecule has 3 atom stereocenters. The summed E-state index contributed by atoms with van der Waals surface area (Å²) in [6, 6.07) is 0.643. The van der Waals surface area contributed by atoms with E-state index in [1.807, 2.05) is 0 Å². The van der Waals surface area contributed by atoms with Gasteiger partial charge in [-0.3, -0.25) is 4.79 Å². The second kappa shape index (κ2) is 3.85. The lowest BCUT2D eigenvalue weighted by molar-refractivity contribution is 0.0892. The highest BCUT2D eigenvalue weighted by Crippen LogP contribution is 2.31. The van der Waals surface area contributed by atoms with Gasteiger partial charge in [-0.1, -0.05) is 0 Å². The van der Waals surface area contributed by atoms with Gasteiger partial charge in [0.05, 0.1) is 6.20 Å². The minimum atomic E-state index is -0.231. The largest absolute Gasteiger partial charge is 0.425 e. The Morgan fingerprint density at radius 2 is 2.50 bits per heavy atom. The maximum Gasteiger partial charge on any atom is 0.307 e. The van der Waals surface area contributed by atoms with Crippen LogP contribution in [0.15, 0.2) is 15.3 Å². The molecule has 2 N–H and O–H groups in total. The molecule has 3 rings (SSSR count). The van der Waals surface area contributed by atoms with Gasteiger partial charge in [0.25, 0.3) is 5.89 Å². The number of carbonyl (C=O) groups is 1. The number of oxazole rings is 1. The van der Waals surface area contributed by atoms with Crippen LogP contribution >= 0.6 is 15.9 Å². The van der Waals surface area contributed by atoms with Gasteiger partial charge in [0.15, 0.2) is 4.67 Å². The molecule has 1 aromatic rings. The molecule has 1 saturated carbocycles. The van der Waals surface area contributed by atoms with E-state index < -0.39 is 0 Å².